The zero-order valence-electron chi connectivity index (χ0n) is 15.7. The van der Waals surface area contributed by atoms with Gasteiger partial charge >= 0.3 is 18.8 Å². The van der Waals surface area contributed by atoms with Crippen molar-refractivity contribution < 1.29 is 26.7 Å². The van der Waals surface area contributed by atoms with Gasteiger partial charge in [-0.2, -0.15) is 22.0 Å². The first-order valence-corrected chi connectivity index (χ1v) is 8.77. The molecule has 162 valence electrons. The van der Waals surface area contributed by atoms with E-state index >= 15 is 0 Å². The predicted molar refractivity (Wildman–Crippen MR) is 109 cm³/mol. The van der Waals surface area contributed by atoms with Gasteiger partial charge in [-0.1, -0.05) is 6.07 Å². The molecule has 0 fully saturated rings. The Kier molecular flexibility index (Phi) is 6.23. The number of nitrogens with two attached hydrogens (primary N) is 1. The van der Waals surface area contributed by atoms with E-state index in [9.17, 15) is 26.7 Å². The molecular formula is C20H16F5N5O. The largest absolute Gasteiger partial charge is 0.416 e. The molecule has 2 amide bonds. The van der Waals surface area contributed by atoms with Crippen LogP contribution in [0, 0.1) is 0 Å². The molecule has 0 saturated heterocycles. The fraction of sp³-hybridized carbons (Fsp3) is 0.100. The number of nitrogens with one attached hydrogen (secondary N) is 3. The highest BCUT2D eigenvalue weighted by Gasteiger charge is 2.30. The molecule has 0 bridgehead atoms. The van der Waals surface area contributed by atoms with E-state index in [2.05, 4.69) is 20.6 Å². The molecule has 0 aliphatic heterocycles. The number of allylic oxidation sites excluding steroid dienone is 1. The first kappa shape index (κ1) is 21.8. The van der Waals surface area contributed by atoms with Crippen LogP contribution in [0.3, 0.4) is 0 Å². The Morgan fingerprint density at radius 2 is 1.81 bits per heavy atom. The van der Waals surface area contributed by atoms with Crippen molar-refractivity contribution in [2.45, 2.75) is 12.7 Å². The number of aliphatic imine (C=N–C) groups is 1. The molecule has 11 heteroatoms. The third kappa shape index (κ3) is 5.38. The predicted octanol–water partition coefficient (Wildman–Crippen LogP) is 5.42. The standard InChI is InChI=1S/C20H16F5N5O/c21-18(22)28-9-12(8-26)11-1-6-16-15(7-11)17(10-27-16)30-19(31)29-14-4-2-13(3-5-14)20(23,24)25/h1-10,18,27H,26H2,(H2,29,30,31). The average Bonchev–Trinajstić information content (AvgIpc) is 3.10. The molecule has 6 nitrogen and oxygen atoms in total. The van der Waals surface area contributed by atoms with Gasteiger partial charge in [-0.3, -0.25) is 0 Å². The number of halogens is 5. The lowest BCUT2D eigenvalue weighted by atomic mass is 10.1. The number of hydrogen-bond acceptors (Lipinski definition) is 3. The van der Waals surface area contributed by atoms with Crippen molar-refractivity contribution in [3.8, 4) is 0 Å². The molecule has 3 aromatic rings. The van der Waals surface area contributed by atoms with E-state index in [1.54, 1.807) is 18.2 Å². The number of aromatic nitrogens is 1. The van der Waals surface area contributed by atoms with Crippen LogP contribution in [0.4, 0.5) is 38.1 Å². The molecule has 0 radical (unpaired) electrons. The summed E-state index contributed by atoms with van der Waals surface area (Å²) in [7, 11) is 0. The van der Waals surface area contributed by atoms with Gasteiger partial charge in [-0.25, -0.2) is 9.79 Å². The minimum atomic E-state index is -4.47. The summed E-state index contributed by atoms with van der Waals surface area (Å²) in [4.78, 5) is 18.2. The number of urea groups is 1. The zero-order chi connectivity index (χ0) is 22.6. The second-order valence-corrected chi connectivity index (χ2v) is 6.29. The molecule has 2 aromatic carbocycles. The molecule has 0 unspecified atom stereocenters. The van der Waals surface area contributed by atoms with Gasteiger partial charge in [0, 0.05) is 40.8 Å². The van der Waals surface area contributed by atoms with Crippen LogP contribution in [0.1, 0.15) is 11.1 Å². The molecule has 0 atom stereocenters. The maximum atomic E-state index is 12.6. The highest BCUT2D eigenvalue weighted by Crippen LogP contribution is 2.30. The van der Waals surface area contributed by atoms with Gasteiger partial charge < -0.3 is 21.4 Å². The Bertz CT molecular complexity index is 1130. The summed E-state index contributed by atoms with van der Waals surface area (Å²) < 4.78 is 62.5. The van der Waals surface area contributed by atoms with Gasteiger partial charge in [0.2, 0.25) is 0 Å². The maximum absolute atomic E-state index is 12.6. The Hall–Kier alpha value is -3.89. The number of rotatable bonds is 5. The summed E-state index contributed by atoms with van der Waals surface area (Å²) in [6.07, 6.45) is -0.883. The van der Waals surface area contributed by atoms with Crippen molar-refractivity contribution in [1.29, 1.82) is 0 Å². The van der Waals surface area contributed by atoms with Crippen molar-refractivity contribution in [3.63, 3.8) is 0 Å². The Balaban J connectivity index is 1.77. The van der Waals surface area contributed by atoms with Gasteiger partial charge in [0.05, 0.1) is 11.3 Å². The minimum Gasteiger partial charge on any atom is -0.404 e. The number of carbonyl (C=O) groups excluding carboxylic acids is 1. The van der Waals surface area contributed by atoms with Gasteiger partial charge in [-0.05, 0) is 42.0 Å². The topological polar surface area (TPSA) is 95.3 Å². The van der Waals surface area contributed by atoms with Crippen LogP contribution < -0.4 is 16.4 Å². The van der Waals surface area contributed by atoms with E-state index in [0.717, 1.165) is 36.7 Å². The second-order valence-electron chi connectivity index (χ2n) is 6.29. The Morgan fingerprint density at radius 1 is 1.10 bits per heavy atom. The van der Waals surface area contributed by atoms with Crippen molar-refractivity contribution in [2.24, 2.45) is 10.7 Å². The van der Waals surface area contributed by atoms with Crippen LogP contribution in [0.15, 0.2) is 59.9 Å². The number of nitrogens with zero attached hydrogens (tertiary/aromatic N) is 1. The van der Waals surface area contributed by atoms with Gasteiger partial charge in [0.25, 0.3) is 0 Å². The van der Waals surface area contributed by atoms with Crippen molar-refractivity contribution in [2.75, 3.05) is 10.6 Å². The average molecular weight is 437 g/mol. The molecular weight excluding hydrogens is 421 g/mol. The second kappa shape index (κ2) is 8.86. The summed E-state index contributed by atoms with van der Waals surface area (Å²) >= 11 is 0. The smallest absolute Gasteiger partial charge is 0.404 e. The van der Waals surface area contributed by atoms with E-state index in [0.29, 0.717) is 22.2 Å². The van der Waals surface area contributed by atoms with Crippen molar-refractivity contribution in [3.05, 3.63) is 66.0 Å². The number of alkyl halides is 5. The SMILES string of the molecule is NC=C(C=NC(F)F)c1ccc2[nH]cc(NC(=O)Nc3ccc(C(F)(F)F)cc3)c2c1. The third-order valence-corrected chi connectivity index (χ3v) is 4.24. The zero-order valence-corrected chi connectivity index (χ0v) is 15.7. The quantitative estimate of drug-likeness (QED) is 0.244. The number of aromatic amines is 1. The molecule has 5 N–H and O–H groups in total. The van der Waals surface area contributed by atoms with Gasteiger partial charge in [0.1, 0.15) is 0 Å². The van der Waals surface area contributed by atoms with E-state index in [1.165, 1.54) is 6.20 Å². The maximum Gasteiger partial charge on any atom is 0.416 e. The molecule has 0 aliphatic rings. The fourth-order valence-electron chi connectivity index (χ4n) is 2.78. The molecule has 31 heavy (non-hydrogen) atoms. The number of benzene rings is 2. The number of carbonyl (C=O) groups is 1. The van der Waals surface area contributed by atoms with Crippen LogP contribution in [-0.4, -0.2) is 23.8 Å². The number of anilines is 2. The molecule has 0 spiro atoms. The number of amides is 2. The Labute approximate surface area is 172 Å². The molecule has 3 rings (SSSR count). The number of hydrogen-bond donors (Lipinski definition) is 4. The highest BCUT2D eigenvalue weighted by molar-refractivity contribution is 6.12. The summed E-state index contributed by atoms with van der Waals surface area (Å²) in [6, 6.07) is 8.23. The van der Waals surface area contributed by atoms with E-state index < -0.39 is 24.3 Å². The molecule has 1 heterocycles. The van der Waals surface area contributed by atoms with E-state index in [-0.39, 0.29) is 11.3 Å². The number of fused-ring (bicyclic) bond motifs is 1. The third-order valence-electron chi connectivity index (χ3n) is 4.24. The van der Waals surface area contributed by atoms with Crippen molar-refractivity contribution >= 4 is 40.1 Å². The monoisotopic (exact) mass is 437 g/mol. The van der Waals surface area contributed by atoms with Crippen LogP contribution in [0.5, 0.6) is 0 Å². The van der Waals surface area contributed by atoms with Crippen LogP contribution in [0.25, 0.3) is 16.5 Å². The van der Waals surface area contributed by atoms with Gasteiger partial charge in [0.15, 0.2) is 0 Å². The molecule has 1 aromatic heterocycles. The summed E-state index contributed by atoms with van der Waals surface area (Å²) in [6.45, 7) is -2.88. The summed E-state index contributed by atoms with van der Waals surface area (Å²) in [5.41, 5.74) is 6.59. The summed E-state index contributed by atoms with van der Waals surface area (Å²) in [5, 5.41) is 5.58. The van der Waals surface area contributed by atoms with E-state index in [4.69, 9.17) is 5.73 Å². The number of H-pyrrole nitrogens is 1. The lowest BCUT2D eigenvalue weighted by Crippen LogP contribution is -2.19. The van der Waals surface area contributed by atoms with Crippen molar-refractivity contribution in [1.82, 2.24) is 4.98 Å². The van der Waals surface area contributed by atoms with Crippen LogP contribution >= 0.6 is 0 Å². The minimum absolute atomic E-state index is 0.169. The Morgan fingerprint density at radius 3 is 2.42 bits per heavy atom. The first-order valence-electron chi connectivity index (χ1n) is 8.77. The fourth-order valence-corrected chi connectivity index (χ4v) is 2.78. The van der Waals surface area contributed by atoms with Crippen LogP contribution in [0.2, 0.25) is 0 Å². The van der Waals surface area contributed by atoms with Gasteiger partial charge in [-0.15, -0.1) is 0 Å². The molecule has 0 aliphatic carbocycles. The first-order chi connectivity index (χ1) is 14.7. The lowest BCUT2D eigenvalue weighted by Gasteiger charge is -2.10. The summed E-state index contributed by atoms with van der Waals surface area (Å²) in [5.74, 6) is 0. The highest BCUT2D eigenvalue weighted by atomic mass is 19.4. The van der Waals surface area contributed by atoms with E-state index in [1.807, 2.05) is 0 Å². The molecule has 0 saturated carbocycles. The lowest BCUT2D eigenvalue weighted by molar-refractivity contribution is -0.137. The van der Waals surface area contributed by atoms with Crippen LogP contribution in [-0.2, 0) is 6.18 Å². The normalized spacial score (nSPS) is 12.6.